The molecular weight excluding hydrogens is 1000 g/mol. The molecule has 0 radical (unpaired) electrons. The molecule has 1 spiro atoms. The fraction of sp³-hybridized carbons (Fsp3) is 0.963. The van der Waals surface area contributed by atoms with Gasteiger partial charge < -0.3 is 109 Å². The van der Waals surface area contributed by atoms with Gasteiger partial charge in [0.25, 0.3) is 0 Å². The molecule has 9 fully saturated rings. The Morgan fingerprint density at radius 2 is 1.05 bits per heavy atom. The maximum absolute atomic E-state index is 11.8. The third-order valence-electron chi connectivity index (χ3n) is 22.1. The molecule has 31 unspecified atom stereocenters. The van der Waals surface area contributed by atoms with Crippen molar-refractivity contribution in [1.82, 2.24) is 0 Å². The summed E-state index contributed by atoms with van der Waals surface area (Å²) in [5.74, 6) is -0.212. The van der Waals surface area contributed by atoms with Gasteiger partial charge in [-0.15, -0.1) is 0 Å². The molecule has 31 atom stereocenters. The lowest BCUT2D eigenvalue weighted by Crippen LogP contribution is -2.73. The molecule has 0 aromatic rings. The zero-order valence-electron chi connectivity index (χ0n) is 45.1. The van der Waals surface area contributed by atoms with Crippen LogP contribution in [0.3, 0.4) is 0 Å². The van der Waals surface area contributed by atoms with Crippen LogP contribution in [0, 0.1) is 50.2 Å². The Hall–Kier alpha value is -1.14. The topological polar surface area (TPSA) is 346 Å². The van der Waals surface area contributed by atoms with Gasteiger partial charge in [0.2, 0.25) is 0 Å². The number of fused-ring (bicyclic) bond motifs is 4. The van der Waals surface area contributed by atoms with E-state index >= 15 is 0 Å². The first-order chi connectivity index (χ1) is 35.6. The van der Waals surface area contributed by atoms with Crippen LogP contribution < -0.4 is 0 Å². The van der Waals surface area contributed by atoms with E-state index in [1.807, 2.05) is 6.92 Å². The highest BCUT2D eigenvalue weighted by molar-refractivity contribution is 5.36. The molecule has 0 aromatic heterocycles. The fourth-order valence-corrected chi connectivity index (χ4v) is 17.2. The summed E-state index contributed by atoms with van der Waals surface area (Å²) in [5, 5.41) is 142. The molecule has 22 heteroatoms. The first-order valence-corrected chi connectivity index (χ1v) is 27.8. The van der Waals surface area contributed by atoms with Crippen LogP contribution >= 0.6 is 0 Å². The molecule has 0 amide bonds. The van der Waals surface area contributed by atoms with E-state index in [-0.39, 0.29) is 29.8 Å². The number of rotatable bonds is 11. The second-order valence-corrected chi connectivity index (χ2v) is 26.6. The Labute approximate surface area is 444 Å². The SMILES string of the molecule is CC1OC(OC2C(OC3CCC4(C)C(CCC5(C)C4C=CC46OCC7(CCC(C)(C)CC74)C(OC4OC(C)C(O)C(O)C4O)CC56C)C3(C)CO)OC(CO)C(O)C2OC2OC(CO)C(O)C(O)C2O)C(O)C(O)C1O. The van der Waals surface area contributed by atoms with Crippen molar-refractivity contribution in [2.45, 2.75) is 247 Å². The quantitative estimate of drug-likeness (QED) is 0.0823. The number of aliphatic hydroxyl groups excluding tert-OH is 13. The van der Waals surface area contributed by atoms with Crippen molar-refractivity contribution in [3.05, 3.63) is 12.2 Å². The second-order valence-electron chi connectivity index (χ2n) is 26.6. The molecule has 5 saturated heterocycles. The number of hydrogen-bond acceptors (Lipinski definition) is 22. The Balaban J connectivity index is 0.972. The van der Waals surface area contributed by atoms with E-state index in [9.17, 15) is 66.4 Å². The molecule has 13 N–H and O–H groups in total. The van der Waals surface area contributed by atoms with Crippen molar-refractivity contribution in [3.8, 4) is 0 Å². The summed E-state index contributed by atoms with van der Waals surface area (Å²) in [4.78, 5) is 0. The van der Waals surface area contributed by atoms with E-state index in [1.54, 1.807) is 6.92 Å². The lowest BCUT2D eigenvalue weighted by Gasteiger charge is -2.73. The van der Waals surface area contributed by atoms with E-state index in [2.05, 4.69) is 46.8 Å². The van der Waals surface area contributed by atoms with E-state index in [1.165, 1.54) is 6.92 Å². The Morgan fingerprint density at radius 1 is 0.513 bits per heavy atom. The average Bonchev–Trinajstić information content (AvgIpc) is 3.89. The molecule has 2 bridgehead atoms. The van der Waals surface area contributed by atoms with Crippen molar-refractivity contribution in [2.75, 3.05) is 26.4 Å². The lowest BCUT2D eigenvalue weighted by atomic mass is 9.32. The summed E-state index contributed by atoms with van der Waals surface area (Å²) < 4.78 is 57.9. The van der Waals surface area contributed by atoms with Crippen LogP contribution in [-0.2, 0) is 42.6 Å². The fourth-order valence-electron chi connectivity index (χ4n) is 17.2. The molecule has 0 aromatic carbocycles. The third kappa shape index (κ3) is 8.54. The number of hydrogen-bond donors (Lipinski definition) is 13. The number of ether oxygens (including phenoxy) is 9. The maximum Gasteiger partial charge on any atom is 0.187 e. The van der Waals surface area contributed by atoms with Gasteiger partial charge >= 0.3 is 0 Å². The monoisotopic (exact) mass is 1090 g/mol. The van der Waals surface area contributed by atoms with Crippen molar-refractivity contribution in [3.63, 3.8) is 0 Å². The summed E-state index contributed by atoms with van der Waals surface area (Å²) in [5.41, 5.74) is -3.50. The van der Waals surface area contributed by atoms with Gasteiger partial charge in [0.05, 0.1) is 56.4 Å². The minimum Gasteiger partial charge on any atom is -0.396 e. The zero-order valence-corrected chi connectivity index (χ0v) is 45.1. The van der Waals surface area contributed by atoms with Gasteiger partial charge in [-0.1, -0.05) is 53.7 Å². The molecule has 5 aliphatic carbocycles. The number of allylic oxidation sites excluding steroid dienone is 1. The van der Waals surface area contributed by atoms with E-state index < -0.39 is 181 Å². The average molecular weight is 1090 g/mol. The maximum atomic E-state index is 11.8. The lowest BCUT2D eigenvalue weighted by molar-refractivity contribution is -0.399. The Bertz CT molecular complexity index is 2100. The van der Waals surface area contributed by atoms with Crippen LogP contribution in [0.2, 0.25) is 0 Å². The van der Waals surface area contributed by atoms with E-state index in [4.69, 9.17) is 42.6 Å². The van der Waals surface area contributed by atoms with Crippen LogP contribution in [0.15, 0.2) is 12.2 Å². The van der Waals surface area contributed by atoms with Crippen molar-refractivity contribution in [2.24, 2.45) is 50.2 Å². The normalized spacial score (nSPS) is 58.7. The first kappa shape index (κ1) is 58.1. The molecule has 10 rings (SSSR count). The van der Waals surface area contributed by atoms with Crippen LogP contribution in [0.4, 0.5) is 0 Å². The molecule has 76 heavy (non-hydrogen) atoms. The smallest absolute Gasteiger partial charge is 0.187 e. The third-order valence-corrected chi connectivity index (χ3v) is 22.1. The summed E-state index contributed by atoms with van der Waals surface area (Å²) >= 11 is 0. The predicted molar refractivity (Wildman–Crippen MR) is 261 cm³/mol. The van der Waals surface area contributed by atoms with Crippen molar-refractivity contribution in [1.29, 1.82) is 0 Å². The largest absolute Gasteiger partial charge is 0.396 e. The van der Waals surface area contributed by atoms with Gasteiger partial charge in [-0.25, -0.2) is 0 Å². The first-order valence-electron chi connectivity index (χ1n) is 27.8. The summed E-state index contributed by atoms with van der Waals surface area (Å²) in [6.45, 7) is 15.2. The molecular formula is C54H88O22. The molecule has 4 saturated carbocycles. The van der Waals surface area contributed by atoms with Crippen LogP contribution in [0.25, 0.3) is 0 Å². The minimum atomic E-state index is -1.93. The molecule has 10 aliphatic rings. The highest BCUT2D eigenvalue weighted by Gasteiger charge is 2.80. The Kier molecular flexibility index (Phi) is 15.5. The standard InChI is InChI=1S/C54H88O22/c1-23-32(58)36(62)39(65)44(69-23)74-31-18-52(8)51(7)13-9-27-49(5,28(51)10-14-54(52)29-17-48(3,4)15-16-53(29,31)22-68-54)12-11-30(50(27,6)21-57)73-47-43(76-45-40(66)37(63)33(59)24(2)70-45)42(35(61)26(20-56)72-47)75-46-41(67)38(64)34(60)25(19-55)71-46/h10,14,23-47,55-67H,9,11-13,15-22H2,1-8H3. The molecule has 5 heterocycles. The van der Waals surface area contributed by atoms with Crippen LogP contribution in [-0.4, -0.2) is 233 Å². The van der Waals surface area contributed by atoms with E-state index in [0.717, 1.165) is 19.3 Å². The minimum absolute atomic E-state index is 0.00274. The van der Waals surface area contributed by atoms with Crippen LogP contribution in [0.1, 0.15) is 107 Å². The molecule has 22 nitrogen and oxygen atoms in total. The summed E-state index contributed by atoms with van der Waals surface area (Å²) in [7, 11) is 0. The van der Waals surface area contributed by atoms with Crippen molar-refractivity contribution < 1.29 is 109 Å². The van der Waals surface area contributed by atoms with Gasteiger partial charge in [-0.3, -0.25) is 0 Å². The van der Waals surface area contributed by atoms with Gasteiger partial charge in [0, 0.05) is 22.2 Å². The van der Waals surface area contributed by atoms with Gasteiger partial charge in [-0.05, 0) is 93.3 Å². The summed E-state index contributed by atoms with van der Waals surface area (Å²) in [6.07, 6.45) is -21.9. The van der Waals surface area contributed by atoms with Gasteiger partial charge in [0.1, 0.15) is 85.5 Å². The van der Waals surface area contributed by atoms with Gasteiger partial charge in [-0.2, -0.15) is 0 Å². The highest BCUT2D eigenvalue weighted by atomic mass is 16.8. The van der Waals surface area contributed by atoms with Crippen molar-refractivity contribution >= 4 is 0 Å². The highest BCUT2D eigenvalue weighted by Crippen LogP contribution is 2.79. The van der Waals surface area contributed by atoms with Gasteiger partial charge in [0.15, 0.2) is 25.2 Å². The van der Waals surface area contributed by atoms with Crippen LogP contribution in [0.5, 0.6) is 0 Å². The molecule has 436 valence electrons. The Morgan fingerprint density at radius 3 is 1.66 bits per heavy atom. The van der Waals surface area contributed by atoms with E-state index in [0.29, 0.717) is 38.7 Å². The zero-order chi connectivity index (χ0) is 55.2. The number of aliphatic hydroxyl groups is 13. The predicted octanol–water partition coefficient (Wildman–Crippen LogP) is -1.55. The second kappa shape index (κ2) is 20.3. The summed E-state index contributed by atoms with van der Waals surface area (Å²) in [6, 6.07) is 0. The molecule has 5 aliphatic heterocycles.